The topological polar surface area (TPSA) is 81.8 Å². The number of benzene rings is 1. The Morgan fingerprint density at radius 1 is 1.13 bits per heavy atom. The first-order valence-corrected chi connectivity index (χ1v) is 11.8. The second-order valence-electron chi connectivity index (χ2n) is 7.93. The summed E-state index contributed by atoms with van der Waals surface area (Å²) in [4.78, 5) is 30.7. The van der Waals surface area contributed by atoms with Crippen molar-refractivity contribution in [3.8, 4) is 0 Å². The molecule has 1 atom stereocenters. The number of nitrogens with one attached hydrogen (secondary N) is 1. The minimum Gasteiger partial charge on any atom is -0.310 e. The van der Waals surface area contributed by atoms with Crippen LogP contribution in [0.4, 0.5) is 5.82 Å². The highest BCUT2D eigenvalue weighted by molar-refractivity contribution is 8.00. The van der Waals surface area contributed by atoms with E-state index < -0.39 is 5.25 Å². The Bertz CT molecular complexity index is 1090. The third-order valence-corrected chi connectivity index (χ3v) is 6.21. The van der Waals surface area contributed by atoms with Gasteiger partial charge in [0.05, 0.1) is 22.3 Å². The third-order valence-electron chi connectivity index (χ3n) is 5.12. The molecule has 7 nitrogen and oxygen atoms in total. The number of hydrogen-bond acceptors (Lipinski definition) is 5. The highest BCUT2D eigenvalue weighted by Crippen LogP contribution is 2.24. The number of carbonyl (C=O) groups is 1. The van der Waals surface area contributed by atoms with Crippen LogP contribution in [0.15, 0.2) is 46.5 Å². The van der Waals surface area contributed by atoms with Gasteiger partial charge < -0.3 is 5.32 Å². The second-order valence-corrected chi connectivity index (χ2v) is 9.24. The van der Waals surface area contributed by atoms with Crippen molar-refractivity contribution in [1.82, 2.24) is 19.3 Å². The number of anilines is 1. The zero-order valence-corrected chi connectivity index (χ0v) is 19.5. The molecule has 31 heavy (non-hydrogen) atoms. The van der Waals surface area contributed by atoms with Gasteiger partial charge in [0.2, 0.25) is 5.91 Å². The SMILES string of the molecule is CCCCCCn1c(SC(C)C(=O)Nc2ccnn2C(C)C)nc2ccccc2c1=O. The molecule has 0 radical (unpaired) electrons. The Kier molecular flexibility index (Phi) is 7.90. The molecule has 0 bridgehead atoms. The van der Waals surface area contributed by atoms with Gasteiger partial charge in [0.25, 0.3) is 5.56 Å². The first kappa shape index (κ1) is 23.1. The second kappa shape index (κ2) is 10.6. The fourth-order valence-corrected chi connectivity index (χ4v) is 4.33. The van der Waals surface area contributed by atoms with Crippen LogP contribution in [0.2, 0.25) is 0 Å². The van der Waals surface area contributed by atoms with E-state index in [1.807, 2.05) is 45.0 Å². The maximum absolute atomic E-state index is 13.1. The van der Waals surface area contributed by atoms with Crippen LogP contribution in [0, 0.1) is 0 Å². The molecule has 8 heteroatoms. The minimum atomic E-state index is -0.425. The molecule has 1 aromatic carbocycles. The van der Waals surface area contributed by atoms with E-state index in [4.69, 9.17) is 4.98 Å². The molecule has 0 aliphatic rings. The van der Waals surface area contributed by atoms with Crippen molar-refractivity contribution in [3.05, 3.63) is 46.9 Å². The summed E-state index contributed by atoms with van der Waals surface area (Å²) < 4.78 is 3.50. The number of thioether (sulfide) groups is 1. The van der Waals surface area contributed by atoms with Crippen molar-refractivity contribution in [1.29, 1.82) is 0 Å². The van der Waals surface area contributed by atoms with Crippen LogP contribution < -0.4 is 10.9 Å². The van der Waals surface area contributed by atoms with E-state index in [0.29, 0.717) is 28.4 Å². The summed E-state index contributed by atoms with van der Waals surface area (Å²) in [6.45, 7) is 8.62. The maximum Gasteiger partial charge on any atom is 0.262 e. The van der Waals surface area contributed by atoms with Gasteiger partial charge >= 0.3 is 0 Å². The van der Waals surface area contributed by atoms with Crippen molar-refractivity contribution in [2.24, 2.45) is 0 Å². The van der Waals surface area contributed by atoms with E-state index in [1.54, 1.807) is 21.5 Å². The summed E-state index contributed by atoms with van der Waals surface area (Å²) >= 11 is 1.32. The van der Waals surface area contributed by atoms with Gasteiger partial charge in [0.1, 0.15) is 5.82 Å². The van der Waals surface area contributed by atoms with E-state index >= 15 is 0 Å². The Labute approximate surface area is 187 Å². The first-order chi connectivity index (χ1) is 14.9. The predicted molar refractivity (Wildman–Crippen MR) is 127 cm³/mol. The summed E-state index contributed by atoms with van der Waals surface area (Å²) in [5, 5.41) is 7.98. The Morgan fingerprint density at radius 2 is 1.90 bits per heavy atom. The number of fused-ring (bicyclic) bond motifs is 1. The summed E-state index contributed by atoms with van der Waals surface area (Å²) in [5.41, 5.74) is 0.611. The molecule has 0 aliphatic carbocycles. The molecule has 2 aromatic heterocycles. The molecule has 0 aliphatic heterocycles. The average Bonchev–Trinajstić information content (AvgIpc) is 3.21. The molecule has 0 saturated heterocycles. The highest BCUT2D eigenvalue weighted by atomic mass is 32.2. The lowest BCUT2D eigenvalue weighted by Gasteiger charge is -2.17. The third kappa shape index (κ3) is 5.55. The van der Waals surface area contributed by atoms with Crippen molar-refractivity contribution in [2.75, 3.05) is 5.32 Å². The molecular formula is C23H31N5O2S. The quantitative estimate of drug-likeness (QED) is 0.276. The van der Waals surface area contributed by atoms with Crippen molar-refractivity contribution in [2.45, 2.75) is 76.4 Å². The standard InChI is InChI=1S/C23H31N5O2S/c1-5-6-7-10-15-27-22(30)18-11-8-9-12-19(18)25-23(27)31-17(4)21(29)26-20-13-14-24-28(20)16(2)3/h8-9,11-14,16-17H,5-7,10,15H2,1-4H3,(H,26,29). The van der Waals surface area contributed by atoms with Crippen LogP contribution >= 0.6 is 11.8 Å². The van der Waals surface area contributed by atoms with Crippen LogP contribution in [-0.2, 0) is 11.3 Å². The van der Waals surface area contributed by atoms with Gasteiger partial charge in [-0.15, -0.1) is 0 Å². The number of rotatable bonds is 10. The van der Waals surface area contributed by atoms with Crippen LogP contribution in [0.25, 0.3) is 10.9 Å². The smallest absolute Gasteiger partial charge is 0.262 e. The van der Waals surface area contributed by atoms with E-state index in [-0.39, 0.29) is 17.5 Å². The molecule has 0 saturated carbocycles. The van der Waals surface area contributed by atoms with Gasteiger partial charge in [0, 0.05) is 18.7 Å². The number of hydrogen-bond donors (Lipinski definition) is 1. The number of aromatic nitrogens is 4. The minimum absolute atomic E-state index is 0.0462. The van der Waals surface area contributed by atoms with E-state index in [0.717, 1.165) is 25.7 Å². The Balaban J connectivity index is 1.83. The molecule has 1 amide bonds. The van der Waals surface area contributed by atoms with Crippen molar-refractivity contribution in [3.63, 3.8) is 0 Å². The van der Waals surface area contributed by atoms with Crippen molar-refractivity contribution < 1.29 is 4.79 Å². The summed E-state index contributed by atoms with van der Waals surface area (Å²) in [7, 11) is 0. The zero-order valence-electron chi connectivity index (χ0n) is 18.7. The predicted octanol–water partition coefficient (Wildman–Crippen LogP) is 4.87. The fraction of sp³-hybridized carbons (Fsp3) is 0.478. The van der Waals surface area contributed by atoms with Gasteiger partial charge in [-0.3, -0.25) is 14.2 Å². The maximum atomic E-state index is 13.1. The molecule has 1 N–H and O–H groups in total. The van der Waals surface area contributed by atoms with Crippen molar-refractivity contribution >= 4 is 34.4 Å². The van der Waals surface area contributed by atoms with Crippen LogP contribution in [-0.4, -0.2) is 30.5 Å². The molecule has 0 fully saturated rings. The van der Waals surface area contributed by atoms with Gasteiger partial charge in [-0.2, -0.15) is 5.10 Å². The lowest BCUT2D eigenvalue weighted by Crippen LogP contribution is -2.28. The van der Waals surface area contributed by atoms with Gasteiger partial charge in [-0.1, -0.05) is 50.1 Å². The average molecular weight is 442 g/mol. The molecule has 166 valence electrons. The first-order valence-electron chi connectivity index (χ1n) is 10.9. The van der Waals surface area contributed by atoms with Crippen LogP contribution in [0.3, 0.4) is 0 Å². The van der Waals surface area contributed by atoms with E-state index in [1.165, 1.54) is 11.8 Å². The molecule has 3 rings (SSSR count). The van der Waals surface area contributed by atoms with Gasteiger partial charge in [-0.25, -0.2) is 9.67 Å². The van der Waals surface area contributed by atoms with E-state index in [9.17, 15) is 9.59 Å². The summed E-state index contributed by atoms with van der Waals surface area (Å²) in [5.74, 6) is 0.517. The molecule has 3 aromatic rings. The van der Waals surface area contributed by atoms with Gasteiger partial charge in [0.15, 0.2) is 5.16 Å². The monoisotopic (exact) mass is 441 g/mol. The number of carbonyl (C=O) groups excluding carboxylic acids is 1. The lowest BCUT2D eigenvalue weighted by molar-refractivity contribution is -0.115. The van der Waals surface area contributed by atoms with Crippen LogP contribution in [0.5, 0.6) is 0 Å². The fourth-order valence-electron chi connectivity index (χ4n) is 3.40. The zero-order chi connectivity index (χ0) is 22.4. The normalized spacial score (nSPS) is 12.4. The summed E-state index contributed by atoms with van der Waals surface area (Å²) in [6.07, 6.45) is 5.92. The number of amides is 1. The molecular weight excluding hydrogens is 410 g/mol. The highest BCUT2D eigenvalue weighted by Gasteiger charge is 2.21. The Morgan fingerprint density at radius 3 is 2.65 bits per heavy atom. The molecule has 0 spiro atoms. The number of unbranched alkanes of at least 4 members (excludes halogenated alkanes) is 3. The largest absolute Gasteiger partial charge is 0.310 e. The number of para-hydroxylation sites is 1. The Hall–Kier alpha value is -2.61. The van der Waals surface area contributed by atoms with Gasteiger partial charge in [-0.05, 0) is 39.3 Å². The molecule has 2 heterocycles. The summed E-state index contributed by atoms with van der Waals surface area (Å²) in [6, 6.07) is 9.31. The van der Waals surface area contributed by atoms with Crippen LogP contribution in [0.1, 0.15) is 59.4 Å². The number of nitrogens with zero attached hydrogens (tertiary/aromatic N) is 4. The lowest BCUT2D eigenvalue weighted by atomic mass is 10.2. The molecule has 1 unspecified atom stereocenters. The van der Waals surface area contributed by atoms with E-state index in [2.05, 4.69) is 17.3 Å².